The molecule has 3 aliphatic rings. The lowest BCUT2D eigenvalue weighted by Crippen LogP contribution is -2.65. The SMILES string of the molecule is COC(=O)[C@@]12C[C@H]3C[C@H]([C@H](C)O)[C@@H]1NCCc1c2n(c2cc(OC)ccc12)[C@H]3O. The summed E-state index contributed by atoms with van der Waals surface area (Å²) in [6, 6.07) is 5.63. The first-order valence-corrected chi connectivity index (χ1v) is 10.3. The number of methoxy groups -OCH3 is 2. The van der Waals surface area contributed by atoms with E-state index in [-0.39, 0.29) is 23.8 Å². The van der Waals surface area contributed by atoms with Crippen LogP contribution in [0, 0.1) is 11.8 Å². The van der Waals surface area contributed by atoms with Gasteiger partial charge in [0.05, 0.1) is 25.8 Å². The first-order chi connectivity index (χ1) is 13.9. The molecule has 5 rings (SSSR count). The number of benzene rings is 1. The fourth-order valence-corrected chi connectivity index (χ4v) is 6.30. The molecule has 1 saturated carbocycles. The summed E-state index contributed by atoms with van der Waals surface area (Å²) in [5, 5.41) is 26.6. The van der Waals surface area contributed by atoms with Crippen LogP contribution in [-0.2, 0) is 21.4 Å². The molecule has 0 amide bonds. The zero-order valence-electron chi connectivity index (χ0n) is 17.0. The maximum atomic E-state index is 13.4. The molecule has 156 valence electrons. The van der Waals surface area contributed by atoms with Gasteiger partial charge in [-0.1, -0.05) is 0 Å². The first kappa shape index (κ1) is 18.9. The van der Waals surface area contributed by atoms with Gasteiger partial charge in [-0.25, -0.2) is 0 Å². The van der Waals surface area contributed by atoms with Crippen LogP contribution in [0.4, 0.5) is 0 Å². The van der Waals surface area contributed by atoms with Crippen LogP contribution in [0.2, 0.25) is 0 Å². The van der Waals surface area contributed by atoms with Crippen LogP contribution in [0.25, 0.3) is 10.9 Å². The van der Waals surface area contributed by atoms with Gasteiger partial charge in [-0.15, -0.1) is 0 Å². The second-order valence-corrected chi connectivity index (χ2v) is 8.74. The van der Waals surface area contributed by atoms with Crippen molar-refractivity contribution in [1.82, 2.24) is 9.88 Å². The molecular formula is C22H28N2O5. The van der Waals surface area contributed by atoms with E-state index in [1.807, 2.05) is 22.8 Å². The molecule has 0 radical (unpaired) electrons. The van der Waals surface area contributed by atoms with Gasteiger partial charge in [-0.2, -0.15) is 0 Å². The van der Waals surface area contributed by atoms with Gasteiger partial charge in [0, 0.05) is 35.0 Å². The molecule has 0 saturated heterocycles. The van der Waals surface area contributed by atoms with Crippen LogP contribution < -0.4 is 10.1 Å². The third-order valence-corrected chi connectivity index (χ3v) is 7.45. The van der Waals surface area contributed by atoms with Crippen molar-refractivity contribution < 1.29 is 24.5 Å². The van der Waals surface area contributed by atoms with Crippen LogP contribution in [0.5, 0.6) is 5.75 Å². The third kappa shape index (κ3) is 2.32. The maximum absolute atomic E-state index is 13.4. The molecule has 1 aromatic heterocycles. The molecule has 1 fully saturated rings. The molecule has 2 aliphatic heterocycles. The molecular weight excluding hydrogens is 372 g/mol. The van der Waals surface area contributed by atoms with Crippen molar-refractivity contribution in [3.05, 3.63) is 29.5 Å². The summed E-state index contributed by atoms with van der Waals surface area (Å²) in [6.45, 7) is 2.47. The lowest BCUT2D eigenvalue weighted by atomic mass is 9.57. The summed E-state index contributed by atoms with van der Waals surface area (Å²) in [5.41, 5.74) is 1.87. The Morgan fingerprint density at radius 2 is 2.17 bits per heavy atom. The lowest BCUT2D eigenvalue weighted by molar-refractivity contribution is -0.160. The Bertz CT molecular complexity index is 983. The molecule has 2 bridgehead atoms. The van der Waals surface area contributed by atoms with Crippen LogP contribution in [0.15, 0.2) is 18.2 Å². The van der Waals surface area contributed by atoms with Crippen molar-refractivity contribution in [2.24, 2.45) is 11.8 Å². The monoisotopic (exact) mass is 400 g/mol. The number of aliphatic hydroxyl groups excluding tert-OH is 2. The van der Waals surface area contributed by atoms with Crippen LogP contribution >= 0.6 is 0 Å². The van der Waals surface area contributed by atoms with E-state index in [0.29, 0.717) is 25.1 Å². The van der Waals surface area contributed by atoms with Crippen molar-refractivity contribution in [3.63, 3.8) is 0 Å². The number of aliphatic hydroxyl groups is 2. The Hall–Kier alpha value is -2.09. The number of carbonyl (C=O) groups is 1. The molecule has 1 aromatic carbocycles. The Morgan fingerprint density at radius 1 is 1.38 bits per heavy atom. The molecule has 0 spiro atoms. The van der Waals surface area contributed by atoms with E-state index in [9.17, 15) is 15.0 Å². The van der Waals surface area contributed by atoms with Gasteiger partial charge in [-0.3, -0.25) is 4.79 Å². The van der Waals surface area contributed by atoms with E-state index in [0.717, 1.165) is 28.6 Å². The second-order valence-electron chi connectivity index (χ2n) is 8.74. The summed E-state index contributed by atoms with van der Waals surface area (Å²) in [4.78, 5) is 13.4. The van der Waals surface area contributed by atoms with E-state index in [2.05, 4.69) is 5.32 Å². The van der Waals surface area contributed by atoms with E-state index in [4.69, 9.17) is 9.47 Å². The van der Waals surface area contributed by atoms with E-state index in [1.54, 1.807) is 14.0 Å². The number of fused-ring (bicyclic) bond motifs is 4. The van der Waals surface area contributed by atoms with E-state index in [1.165, 1.54) is 7.11 Å². The Kier molecular flexibility index (Phi) is 4.21. The quantitative estimate of drug-likeness (QED) is 0.676. The number of rotatable bonds is 3. The molecule has 3 heterocycles. The number of nitrogens with one attached hydrogen (secondary N) is 1. The summed E-state index contributed by atoms with van der Waals surface area (Å²) in [7, 11) is 3.05. The topological polar surface area (TPSA) is 93.0 Å². The van der Waals surface area contributed by atoms with Gasteiger partial charge < -0.3 is 29.6 Å². The molecule has 0 unspecified atom stereocenters. The highest BCUT2D eigenvalue weighted by atomic mass is 16.5. The van der Waals surface area contributed by atoms with Crippen molar-refractivity contribution >= 4 is 16.9 Å². The highest BCUT2D eigenvalue weighted by Gasteiger charge is 2.63. The minimum atomic E-state index is -0.934. The molecule has 7 nitrogen and oxygen atoms in total. The second kappa shape index (κ2) is 6.45. The standard InChI is InChI=1S/C22H28N2O5/c1-11(25)16-8-12-10-22(21(27)29-3)18(16)23-7-6-15-14-5-4-13(28-2)9-17(14)24(19(15)22)20(12)26/h4-5,9,11-12,16,18,20,23,25-26H,6-8,10H2,1-3H3/t11-,12+,16+,18-,20-,22-/m0/s1. The van der Waals surface area contributed by atoms with Crippen LogP contribution in [0.3, 0.4) is 0 Å². The number of aromatic nitrogens is 1. The highest BCUT2D eigenvalue weighted by Crippen LogP contribution is 2.57. The number of hydrogen-bond donors (Lipinski definition) is 3. The molecule has 29 heavy (non-hydrogen) atoms. The lowest BCUT2D eigenvalue weighted by Gasteiger charge is -2.54. The average molecular weight is 400 g/mol. The smallest absolute Gasteiger partial charge is 0.319 e. The van der Waals surface area contributed by atoms with Gasteiger partial charge >= 0.3 is 5.97 Å². The molecule has 1 aliphatic carbocycles. The fraction of sp³-hybridized carbons (Fsp3) is 0.591. The minimum absolute atomic E-state index is 0.144. The van der Waals surface area contributed by atoms with Crippen molar-refractivity contribution in [3.8, 4) is 5.75 Å². The molecule has 7 heteroatoms. The Morgan fingerprint density at radius 3 is 2.86 bits per heavy atom. The van der Waals surface area contributed by atoms with Crippen LogP contribution in [0.1, 0.15) is 37.3 Å². The number of nitrogens with zero attached hydrogens (tertiary/aromatic N) is 1. The predicted molar refractivity (Wildman–Crippen MR) is 107 cm³/mol. The highest BCUT2D eigenvalue weighted by molar-refractivity contribution is 5.93. The van der Waals surface area contributed by atoms with Crippen molar-refractivity contribution in [2.45, 2.75) is 50.0 Å². The summed E-state index contributed by atoms with van der Waals surface area (Å²) >= 11 is 0. The first-order valence-electron chi connectivity index (χ1n) is 10.3. The predicted octanol–water partition coefficient (Wildman–Crippen LogP) is 1.49. The fourth-order valence-electron chi connectivity index (χ4n) is 6.30. The summed E-state index contributed by atoms with van der Waals surface area (Å²) in [6.07, 6.45) is 0.552. The largest absolute Gasteiger partial charge is 0.497 e. The van der Waals surface area contributed by atoms with Crippen LogP contribution in [-0.4, -0.2) is 53.7 Å². The summed E-state index contributed by atoms with van der Waals surface area (Å²) in [5.74, 6) is 0.131. The van der Waals surface area contributed by atoms with Gasteiger partial charge in [0.15, 0.2) is 0 Å². The molecule has 2 aromatic rings. The number of esters is 1. The summed E-state index contributed by atoms with van der Waals surface area (Å²) < 4.78 is 12.7. The van der Waals surface area contributed by atoms with E-state index < -0.39 is 17.7 Å². The number of carbonyl (C=O) groups excluding carboxylic acids is 1. The number of hydrogen-bond acceptors (Lipinski definition) is 6. The van der Waals surface area contributed by atoms with Gasteiger partial charge in [0.2, 0.25) is 0 Å². The average Bonchev–Trinajstić information content (AvgIpc) is 2.93. The molecule has 6 atom stereocenters. The van der Waals surface area contributed by atoms with Crippen molar-refractivity contribution in [1.29, 1.82) is 0 Å². The Labute approximate surface area is 169 Å². The zero-order valence-corrected chi connectivity index (χ0v) is 17.0. The van der Waals surface area contributed by atoms with Gasteiger partial charge in [-0.05, 0) is 50.4 Å². The maximum Gasteiger partial charge on any atom is 0.319 e. The Balaban J connectivity index is 1.89. The third-order valence-electron chi connectivity index (χ3n) is 7.45. The minimum Gasteiger partial charge on any atom is -0.497 e. The van der Waals surface area contributed by atoms with Gasteiger partial charge in [0.1, 0.15) is 17.4 Å². The van der Waals surface area contributed by atoms with Crippen molar-refractivity contribution in [2.75, 3.05) is 20.8 Å². The van der Waals surface area contributed by atoms with Gasteiger partial charge in [0.25, 0.3) is 0 Å². The normalized spacial score (nSPS) is 33.8. The molecule has 3 N–H and O–H groups in total. The zero-order chi connectivity index (χ0) is 20.5. The van der Waals surface area contributed by atoms with E-state index >= 15 is 0 Å². The number of ether oxygens (including phenoxy) is 2.